The van der Waals surface area contributed by atoms with Crippen molar-refractivity contribution in [3.8, 4) is 5.95 Å². The molecule has 8 nitrogen and oxygen atoms in total. The zero-order chi connectivity index (χ0) is 24.4. The van der Waals surface area contributed by atoms with Gasteiger partial charge in [0, 0.05) is 40.4 Å². The topological polar surface area (TPSA) is 90.5 Å². The van der Waals surface area contributed by atoms with E-state index in [9.17, 15) is 4.79 Å². The van der Waals surface area contributed by atoms with Crippen LogP contribution in [0.2, 0.25) is 0 Å². The Morgan fingerprint density at radius 2 is 1.50 bits per heavy atom. The van der Waals surface area contributed by atoms with Crippen molar-refractivity contribution in [2.24, 2.45) is 0 Å². The lowest BCUT2D eigenvalue weighted by atomic mass is 10.1. The van der Waals surface area contributed by atoms with Crippen LogP contribution in [0.4, 0.5) is 0 Å². The molecule has 8 heteroatoms. The second-order valence-corrected chi connectivity index (χ2v) is 8.76. The van der Waals surface area contributed by atoms with Crippen LogP contribution in [0.3, 0.4) is 0 Å². The second kappa shape index (κ2) is 9.59. The molecule has 3 aromatic heterocycles. The minimum Gasteiger partial charge on any atom is -0.352 e. The lowest BCUT2D eigenvalue weighted by Gasteiger charge is -2.08. The van der Waals surface area contributed by atoms with Crippen molar-refractivity contribution >= 4 is 5.91 Å². The van der Waals surface area contributed by atoms with Crippen molar-refractivity contribution in [2.45, 2.75) is 61.1 Å². The number of carbonyl (C=O) groups excluding carboxylic acids is 1. The highest BCUT2D eigenvalue weighted by molar-refractivity contribution is 5.79. The maximum absolute atomic E-state index is 12.9. The molecule has 176 valence electrons. The molecule has 4 aromatic rings. The number of amides is 1. The molecule has 0 aliphatic rings. The van der Waals surface area contributed by atoms with E-state index >= 15 is 0 Å². The molecule has 0 saturated heterocycles. The molecule has 0 unspecified atom stereocenters. The molecule has 0 spiro atoms. The summed E-state index contributed by atoms with van der Waals surface area (Å²) in [4.78, 5) is 21.9. The van der Waals surface area contributed by atoms with E-state index in [1.165, 1.54) is 5.56 Å². The Kier molecular flexibility index (Phi) is 6.58. The predicted octanol–water partition coefficient (Wildman–Crippen LogP) is 3.62. The highest BCUT2D eigenvalue weighted by atomic mass is 16.1. The number of rotatable bonds is 7. The summed E-state index contributed by atoms with van der Waals surface area (Å²) in [5, 5.41) is 12.4. The van der Waals surface area contributed by atoms with Crippen LogP contribution in [-0.2, 0) is 24.3 Å². The van der Waals surface area contributed by atoms with E-state index in [2.05, 4.69) is 37.6 Å². The Hall–Kier alpha value is -3.81. The summed E-state index contributed by atoms with van der Waals surface area (Å²) in [5.74, 6) is 0.475. The number of nitrogens with zero attached hydrogens (tertiary/aromatic N) is 6. The highest BCUT2D eigenvalue weighted by Crippen LogP contribution is 2.18. The van der Waals surface area contributed by atoms with Crippen LogP contribution in [0.25, 0.3) is 5.95 Å². The standard InChI is InChI=1S/C26H31N7O/c1-16-12-17(2)29-26(28-16)33-21(6)23(18(3)31-33)13-25(34)27-14-24-19(4)30-32(20(24)5)15-22-10-8-7-9-11-22/h7-12H,13-15H2,1-6H3,(H,27,34). The Morgan fingerprint density at radius 3 is 2.18 bits per heavy atom. The molecule has 0 saturated carbocycles. The zero-order valence-corrected chi connectivity index (χ0v) is 20.7. The van der Waals surface area contributed by atoms with Gasteiger partial charge in [0.15, 0.2) is 0 Å². The Bertz CT molecular complexity index is 1310. The van der Waals surface area contributed by atoms with E-state index in [-0.39, 0.29) is 12.3 Å². The molecule has 0 fully saturated rings. The first-order valence-electron chi connectivity index (χ1n) is 11.4. The number of hydrogen-bond donors (Lipinski definition) is 1. The Morgan fingerprint density at radius 1 is 0.853 bits per heavy atom. The van der Waals surface area contributed by atoms with E-state index in [0.717, 1.165) is 45.3 Å². The van der Waals surface area contributed by atoms with Gasteiger partial charge in [0.2, 0.25) is 5.91 Å². The smallest absolute Gasteiger partial charge is 0.251 e. The summed E-state index contributed by atoms with van der Waals surface area (Å²) in [6, 6.07) is 12.2. The van der Waals surface area contributed by atoms with Gasteiger partial charge in [0.1, 0.15) is 0 Å². The minimum atomic E-state index is -0.0540. The summed E-state index contributed by atoms with van der Waals surface area (Å²) in [6.07, 6.45) is 0.249. The first kappa shape index (κ1) is 23.4. The van der Waals surface area contributed by atoms with Gasteiger partial charge in [-0.15, -0.1) is 0 Å². The predicted molar refractivity (Wildman–Crippen MR) is 131 cm³/mol. The molecule has 4 rings (SSSR count). The van der Waals surface area contributed by atoms with Crippen molar-refractivity contribution in [2.75, 3.05) is 0 Å². The number of carbonyl (C=O) groups is 1. The van der Waals surface area contributed by atoms with Crippen molar-refractivity contribution in [1.82, 2.24) is 34.8 Å². The molecule has 1 N–H and O–H groups in total. The molecule has 0 aliphatic heterocycles. The van der Waals surface area contributed by atoms with Crippen molar-refractivity contribution in [3.05, 3.63) is 87.3 Å². The molecule has 0 aliphatic carbocycles. The lowest BCUT2D eigenvalue weighted by Crippen LogP contribution is -2.25. The van der Waals surface area contributed by atoms with Crippen molar-refractivity contribution < 1.29 is 4.79 Å². The summed E-state index contributed by atoms with van der Waals surface area (Å²) < 4.78 is 3.72. The van der Waals surface area contributed by atoms with Crippen LogP contribution in [-0.4, -0.2) is 35.4 Å². The SMILES string of the molecule is Cc1cc(C)nc(-n2nc(C)c(CC(=O)NCc3c(C)nn(Cc4ccccc4)c3C)c2C)n1. The summed E-state index contributed by atoms with van der Waals surface area (Å²) in [6.45, 7) is 12.9. The van der Waals surface area contributed by atoms with E-state index in [4.69, 9.17) is 0 Å². The Balaban J connectivity index is 1.45. The van der Waals surface area contributed by atoms with Gasteiger partial charge in [-0.3, -0.25) is 9.48 Å². The zero-order valence-electron chi connectivity index (χ0n) is 20.7. The third-order valence-electron chi connectivity index (χ3n) is 6.11. The quantitative estimate of drug-likeness (QED) is 0.458. The van der Waals surface area contributed by atoms with E-state index in [0.29, 0.717) is 19.0 Å². The molecular weight excluding hydrogens is 426 g/mol. The molecular formula is C26H31N7O. The van der Waals surface area contributed by atoms with Gasteiger partial charge in [-0.1, -0.05) is 30.3 Å². The van der Waals surface area contributed by atoms with Crippen LogP contribution < -0.4 is 5.32 Å². The average Bonchev–Trinajstić information content (AvgIpc) is 3.21. The third-order valence-corrected chi connectivity index (χ3v) is 6.11. The van der Waals surface area contributed by atoms with Gasteiger partial charge in [-0.05, 0) is 53.2 Å². The number of aromatic nitrogens is 6. The fraction of sp³-hybridized carbons (Fsp3) is 0.346. The maximum atomic E-state index is 12.9. The van der Waals surface area contributed by atoms with Gasteiger partial charge in [-0.2, -0.15) is 10.2 Å². The molecule has 0 bridgehead atoms. The van der Waals surface area contributed by atoms with Crippen LogP contribution >= 0.6 is 0 Å². The highest BCUT2D eigenvalue weighted by Gasteiger charge is 2.19. The normalized spacial score (nSPS) is 11.1. The number of hydrogen-bond acceptors (Lipinski definition) is 5. The van der Waals surface area contributed by atoms with Crippen molar-refractivity contribution in [3.63, 3.8) is 0 Å². The van der Waals surface area contributed by atoms with E-state index in [1.807, 2.05) is 70.5 Å². The molecule has 1 aromatic carbocycles. The first-order valence-corrected chi connectivity index (χ1v) is 11.4. The van der Waals surface area contributed by atoms with Gasteiger partial charge < -0.3 is 5.32 Å². The molecule has 0 radical (unpaired) electrons. The van der Waals surface area contributed by atoms with Gasteiger partial charge in [-0.25, -0.2) is 14.6 Å². The van der Waals surface area contributed by atoms with E-state index < -0.39 is 0 Å². The van der Waals surface area contributed by atoms with Gasteiger partial charge >= 0.3 is 0 Å². The molecule has 0 atom stereocenters. The number of nitrogens with one attached hydrogen (secondary N) is 1. The average molecular weight is 458 g/mol. The molecule has 1 amide bonds. The second-order valence-electron chi connectivity index (χ2n) is 8.76. The summed E-state index contributed by atoms with van der Waals surface area (Å²) >= 11 is 0. The van der Waals surface area contributed by atoms with Crippen LogP contribution in [0.5, 0.6) is 0 Å². The monoisotopic (exact) mass is 457 g/mol. The van der Waals surface area contributed by atoms with Crippen LogP contribution in [0.15, 0.2) is 36.4 Å². The van der Waals surface area contributed by atoms with Crippen LogP contribution in [0.1, 0.15) is 50.9 Å². The largest absolute Gasteiger partial charge is 0.352 e. The fourth-order valence-electron chi connectivity index (χ4n) is 4.24. The maximum Gasteiger partial charge on any atom is 0.251 e. The molecule has 3 heterocycles. The number of aryl methyl sites for hydroxylation is 4. The Labute approximate surface area is 200 Å². The lowest BCUT2D eigenvalue weighted by molar-refractivity contribution is -0.120. The minimum absolute atomic E-state index is 0.0540. The van der Waals surface area contributed by atoms with Gasteiger partial charge in [0.05, 0.1) is 24.4 Å². The van der Waals surface area contributed by atoms with Crippen LogP contribution in [0, 0.1) is 41.5 Å². The van der Waals surface area contributed by atoms with Crippen molar-refractivity contribution in [1.29, 1.82) is 0 Å². The summed E-state index contributed by atoms with van der Waals surface area (Å²) in [5.41, 5.74) is 8.58. The first-order chi connectivity index (χ1) is 16.2. The third kappa shape index (κ3) is 4.90. The number of benzene rings is 1. The fourth-order valence-corrected chi connectivity index (χ4v) is 4.24. The molecule has 34 heavy (non-hydrogen) atoms. The van der Waals surface area contributed by atoms with E-state index in [1.54, 1.807) is 4.68 Å². The van der Waals surface area contributed by atoms with Gasteiger partial charge in [0.25, 0.3) is 5.95 Å². The summed E-state index contributed by atoms with van der Waals surface area (Å²) in [7, 11) is 0.